The van der Waals surface area contributed by atoms with E-state index in [0.717, 1.165) is 98.0 Å². The summed E-state index contributed by atoms with van der Waals surface area (Å²) in [7, 11) is 0. The highest BCUT2D eigenvalue weighted by molar-refractivity contribution is 8.14. The largest absolute Gasteiger partial charge is 0.412 e. The Morgan fingerprint density at radius 3 is 2.43 bits per heavy atom. The van der Waals surface area contributed by atoms with Crippen LogP contribution in [0.25, 0.3) is 10.1 Å². The maximum absolute atomic E-state index is 12.5. The van der Waals surface area contributed by atoms with Crippen LogP contribution in [0.4, 0.5) is 21.1 Å². The molecule has 3 aliphatic heterocycles. The van der Waals surface area contributed by atoms with Gasteiger partial charge in [-0.15, -0.1) is 12.4 Å². The summed E-state index contributed by atoms with van der Waals surface area (Å²) in [4.78, 5) is 42.7. The number of nitrogens with zero attached hydrogens (tertiary/aromatic N) is 4. The zero-order chi connectivity index (χ0) is 35.5. The molecule has 1 aromatic heterocycles. The third-order valence-corrected chi connectivity index (χ3v) is 13.0. The molecule has 4 amide bonds. The second-order valence-electron chi connectivity index (χ2n) is 13.7. The third kappa shape index (κ3) is 9.59. The molecule has 2 saturated heterocycles. The summed E-state index contributed by atoms with van der Waals surface area (Å²) in [5.41, 5.74) is 4.07. The van der Waals surface area contributed by atoms with E-state index in [2.05, 4.69) is 55.1 Å². The maximum atomic E-state index is 12.5. The lowest BCUT2D eigenvalue weighted by Gasteiger charge is -2.35. The van der Waals surface area contributed by atoms with Gasteiger partial charge >= 0.3 is 6.03 Å². The van der Waals surface area contributed by atoms with Crippen molar-refractivity contribution >= 4 is 97.7 Å². The molecule has 1 aliphatic carbocycles. The lowest BCUT2D eigenvalue weighted by Crippen LogP contribution is -2.48. The number of carbonyl (C=O) groups is 3. The van der Waals surface area contributed by atoms with Crippen molar-refractivity contribution in [1.29, 1.82) is 0 Å². The first kappa shape index (κ1) is 41.1. The Kier molecular flexibility index (Phi) is 14.3. The monoisotopic (exact) mass is 818 g/mol. The average molecular weight is 820 g/mol. The number of nitrogens with one attached hydrogen (secondary N) is 2. The normalized spacial score (nSPS) is 20.2. The van der Waals surface area contributed by atoms with Gasteiger partial charge < -0.3 is 21.0 Å². The molecular formula is C38H45Cl3N6O4S2. The fourth-order valence-corrected chi connectivity index (χ4v) is 9.75. The zero-order valence-electron chi connectivity index (χ0n) is 29.5. The van der Waals surface area contributed by atoms with Crippen molar-refractivity contribution in [2.45, 2.75) is 69.2 Å². The van der Waals surface area contributed by atoms with Crippen LogP contribution in [0.3, 0.4) is 0 Å². The van der Waals surface area contributed by atoms with Crippen molar-refractivity contribution in [1.82, 2.24) is 19.5 Å². The van der Waals surface area contributed by atoms with E-state index >= 15 is 0 Å². The number of hydrogen-bond donors (Lipinski definition) is 2. The molecule has 53 heavy (non-hydrogen) atoms. The summed E-state index contributed by atoms with van der Waals surface area (Å²) < 4.78 is 5.94. The Morgan fingerprint density at radius 2 is 1.70 bits per heavy atom. The summed E-state index contributed by atoms with van der Waals surface area (Å²) >= 11 is 15.1. The summed E-state index contributed by atoms with van der Waals surface area (Å²) in [6, 6.07) is 19.7. The zero-order valence-corrected chi connectivity index (χ0v) is 33.4. The Balaban J connectivity index is 0.000000201. The van der Waals surface area contributed by atoms with Gasteiger partial charge in [-0.3, -0.25) is 19.4 Å². The van der Waals surface area contributed by atoms with Gasteiger partial charge in [0.1, 0.15) is 5.82 Å². The average Bonchev–Trinajstić information content (AvgIpc) is 3.82. The number of fused-ring (bicyclic) bond motifs is 2. The SMILES string of the molecule is C[C@H]1[C@H](c2ccc(Cl)cc2)SC(=O)N1C(=O)NC1CCCCC1.Cl.O.O=C1Cc2cc(CCN3CCN(c4nsc5ccccc45)CC3)c(Cl)cc2N1. The molecule has 15 heteroatoms. The number of carbonyl (C=O) groups excluding carboxylic acids is 3. The Labute approximate surface area is 334 Å². The number of piperazine rings is 1. The molecule has 4 heterocycles. The number of imide groups is 1. The second kappa shape index (κ2) is 18.5. The van der Waals surface area contributed by atoms with E-state index < -0.39 is 0 Å². The number of halogens is 3. The molecule has 4 aliphatic rings. The van der Waals surface area contributed by atoms with Gasteiger partial charge in [0.25, 0.3) is 5.24 Å². The molecule has 3 aromatic carbocycles. The van der Waals surface area contributed by atoms with Gasteiger partial charge in [0.05, 0.1) is 22.4 Å². The molecule has 10 nitrogen and oxygen atoms in total. The van der Waals surface area contributed by atoms with E-state index in [1.54, 1.807) is 11.5 Å². The van der Waals surface area contributed by atoms with Gasteiger partial charge in [-0.1, -0.05) is 84.6 Å². The van der Waals surface area contributed by atoms with Gasteiger partial charge in [-0.2, -0.15) is 4.37 Å². The van der Waals surface area contributed by atoms with Crippen molar-refractivity contribution in [3.8, 4) is 0 Å². The van der Waals surface area contributed by atoms with Crippen LogP contribution in [0, 0.1) is 0 Å². The highest BCUT2D eigenvalue weighted by Gasteiger charge is 2.42. The third-order valence-electron chi connectivity index (χ3n) is 10.2. The Hall–Kier alpha value is -3.10. The molecule has 0 bridgehead atoms. The highest BCUT2D eigenvalue weighted by Crippen LogP contribution is 2.43. The van der Waals surface area contributed by atoms with E-state index in [1.807, 2.05) is 37.3 Å². The van der Waals surface area contributed by atoms with Gasteiger partial charge in [0.15, 0.2) is 0 Å². The lowest BCUT2D eigenvalue weighted by molar-refractivity contribution is -0.115. The van der Waals surface area contributed by atoms with Crippen molar-refractivity contribution in [2.75, 3.05) is 42.9 Å². The number of aromatic nitrogens is 1. The minimum Gasteiger partial charge on any atom is -0.412 e. The van der Waals surface area contributed by atoms with E-state index in [-0.39, 0.29) is 52.4 Å². The van der Waals surface area contributed by atoms with E-state index in [9.17, 15) is 14.4 Å². The Bertz CT molecular complexity index is 1900. The maximum Gasteiger partial charge on any atom is 0.325 e. The minimum atomic E-state index is -0.252. The second-order valence-corrected chi connectivity index (χ2v) is 16.4. The molecule has 0 unspecified atom stereocenters. The molecule has 284 valence electrons. The molecule has 2 atom stereocenters. The van der Waals surface area contributed by atoms with Crippen molar-refractivity contribution in [3.05, 3.63) is 87.4 Å². The predicted octanol–water partition coefficient (Wildman–Crippen LogP) is 8.39. The predicted molar refractivity (Wildman–Crippen MR) is 221 cm³/mol. The number of benzene rings is 3. The summed E-state index contributed by atoms with van der Waals surface area (Å²) in [5.74, 6) is 1.17. The molecule has 4 aromatic rings. The number of hydrogen-bond acceptors (Lipinski definition) is 8. The number of amides is 4. The van der Waals surface area contributed by atoms with Crippen LogP contribution in [-0.4, -0.2) is 81.6 Å². The molecule has 1 saturated carbocycles. The summed E-state index contributed by atoms with van der Waals surface area (Å²) in [6.45, 7) is 6.93. The standard InChI is InChI=1S/C21H21ClN4OS.C17H21ClN2O2S.ClH.H2O/c22-17-13-18-15(12-20(27)23-18)11-14(17)5-6-25-7-9-26(10-8-25)21-16-3-1-2-4-19(16)28-24-21;1-11-15(12-7-9-13(18)10-8-12)23-17(22)20(11)16(21)19-14-5-3-2-4-6-14;;/h1-4,11,13H,5-10,12H2,(H,23,27);7-11,14-15H,2-6H2,1H3,(H,19,21);1H;1H2/t;11-,15+;;/m.0../s1. The highest BCUT2D eigenvalue weighted by atomic mass is 35.5. The van der Waals surface area contributed by atoms with Crippen LogP contribution in [0.2, 0.25) is 10.0 Å². The van der Waals surface area contributed by atoms with Crippen LogP contribution < -0.4 is 15.5 Å². The van der Waals surface area contributed by atoms with Gasteiger partial charge in [-0.25, -0.2) is 4.79 Å². The van der Waals surface area contributed by atoms with Gasteiger partial charge in [0.2, 0.25) is 5.91 Å². The topological polar surface area (TPSA) is 129 Å². The van der Waals surface area contributed by atoms with E-state index in [1.165, 1.54) is 33.2 Å². The first-order valence-electron chi connectivity index (χ1n) is 17.7. The fraction of sp³-hybridized carbons (Fsp3) is 0.421. The first-order chi connectivity index (χ1) is 24.7. The van der Waals surface area contributed by atoms with Crippen molar-refractivity contribution in [2.24, 2.45) is 0 Å². The number of rotatable bonds is 6. The smallest absolute Gasteiger partial charge is 0.325 e. The summed E-state index contributed by atoms with van der Waals surface area (Å²) in [6.07, 6.45) is 6.92. The fourth-order valence-electron chi connectivity index (χ4n) is 7.38. The molecule has 4 N–H and O–H groups in total. The first-order valence-corrected chi connectivity index (χ1v) is 20.1. The van der Waals surface area contributed by atoms with Crippen molar-refractivity contribution in [3.63, 3.8) is 0 Å². The van der Waals surface area contributed by atoms with Crippen LogP contribution in [0.1, 0.15) is 61.0 Å². The summed E-state index contributed by atoms with van der Waals surface area (Å²) in [5, 5.41) is 8.34. The van der Waals surface area contributed by atoms with E-state index in [0.29, 0.717) is 11.4 Å². The minimum absolute atomic E-state index is 0. The van der Waals surface area contributed by atoms with Crippen LogP contribution >= 0.6 is 58.9 Å². The van der Waals surface area contributed by atoms with Gasteiger partial charge in [0, 0.05) is 59.9 Å². The molecule has 0 radical (unpaired) electrons. The van der Waals surface area contributed by atoms with Crippen LogP contribution in [-0.2, 0) is 17.6 Å². The number of anilines is 2. The van der Waals surface area contributed by atoms with E-state index in [4.69, 9.17) is 23.2 Å². The Morgan fingerprint density at radius 1 is 0.981 bits per heavy atom. The molecule has 3 fully saturated rings. The molecular weight excluding hydrogens is 775 g/mol. The molecule has 0 spiro atoms. The quantitative estimate of drug-likeness (QED) is 0.200. The lowest BCUT2D eigenvalue weighted by atomic mass is 9.96. The number of urea groups is 1. The van der Waals surface area contributed by atoms with Gasteiger partial charge in [-0.05, 0) is 84.7 Å². The van der Waals surface area contributed by atoms with Crippen molar-refractivity contribution < 1.29 is 19.9 Å². The number of thioether (sulfide) groups is 1. The van der Waals surface area contributed by atoms with Crippen LogP contribution in [0.15, 0.2) is 60.7 Å². The van der Waals surface area contributed by atoms with Crippen LogP contribution in [0.5, 0.6) is 0 Å². The molecule has 8 rings (SSSR count).